The van der Waals surface area contributed by atoms with Crippen molar-refractivity contribution in [3.05, 3.63) is 46.3 Å². The summed E-state index contributed by atoms with van der Waals surface area (Å²) in [6, 6.07) is 9.00. The van der Waals surface area contributed by atoms with Crippen molar-refractivity contribution in [3.8, 4) is 0 Å². The van der Waals surface area contributed by atoms with E-state index in [1.807, 2.05) is 32.0 Å². The summed E-state index contributed by atoms with van der Waals surface area (Å²) in [7, 11) is 0. The predicted octanol–water partition coefficient (Wildman–Crippen LogP) is 3.71. The summed E-state index contributed by atoms with van der Waals surface area (Å²) < 4.78 is 5.39. The molecule has 1 amide bonds. The number of para-hydroxylation sites is 1. The fourth-order valence-electron chi connectivity index (χ4n) is 3.21. The van der Waals surface area contributed by atoms with Gasteiger partial charge in [0.05, 0.1) is 17.4 Å². The molecule has 27 heavy (non-hydrogen) atoms. The summed E-state index contributed by atoms with van der Waals surface area (Å²) in [4.78, 5) is 31.4. The van der Waals surface area contributed by atoms with Gasteiger partial charge in [0.15, 0.2) is 0 Å². The number of aryl methyl sites for hydroxylation is 1. The van der Waals surface area contributed by atoms with Gasteiger partial charge < -0.3 is 9.73 Å². The van der Waals surface area contributed by atoms with E-state index >= 15 is 0 Å². The largest absolute Gasteiger partial charge is 0.422 e. The Morgan fingerprint density at radius 2 is 2.04 bits per heavy atom. The maximum absolute atomic E-state index is 12.4. The van der Waals surface area contributed by atoms with Gasteiger partial charge in [-0.15, -0.1) is 0 Å². The van der Waals surface area contributed by atoms with Crippen molar-refractivity contribution in [1.29, 1.82) is 0 Å². The van der Waals surface area contributed by atoms with Gasteiger partial charge in [-0.2, -0.15) is 0 Å². The molecular formula is C21H25N3O3. The first-order valence-electron chi connectivity index (χ1n) is 9.38. The molecule has 1 N–H and O–H groups in total. The van der Waals surface area contributed by atoms with E-state index in [0.717, 1.165) is 36.9 Å². The number of hydrogen-bond acceptors (Lipinski definition) is 5. The quantitative estimate of drug-likeness (QED) is 0.509. The molecule has 0 atom stereocenters. The molecule has 6 nitrogen and oxygen atoms in total. The molecule has 2 aromatic heterocycles. The lowest BCUT2D eigenvalue weighted by Crippen LogP contribution is -2.34. The number of nitrogens with zero attached hydrogens (tertiary/aromatic N) is 2. The third kappa shape index (κ3) is 4.17. The molecule has 2 heterocycles. The maximum atomic E-state index is 12.4. The van der Waals surface area contributed by atoms with Gasteiger partial charge in [-0.1, -0.05) is 32.4 Å². The Morgan fingerprint density at radius 1 is 1.26 bits per heavy atom. The average Bonchev–Trinajstić information content (AvgIpc) is 2.64. The van der Waals surface area contributed by atoms with Crippen LogP contribution in [0, 0.1) is 6.92 Å². The summed E-state index contributed by atoms with van der Waals surface area (Å²) in [5, 5.41) is 4.08. The lowest BCUT2D eigenvalue weighted by atomic mass is 10.1. The van der Waals surface area contributed by atoms with E-state index in [1.54, 1.807) is 12.1 Å². The fourth-order valence-corrected chi connectivity index (χ4v) is 3.21. The molecule has 3 aromatic rings. The van der Waals surface area contributed by atoms with Crippen LogP contribution in [-0.4, -0.2) is 35.4 Å². The number of carbonyl (C=O) groups is 1. The van der Waals surface area contributed by atoms with Crippen LogP contribution in [0.15, 0.2) is 39.5 Å². The van der Waals surface area contributed by atoms with E-state index in [0.29, 0.717) is 28.8 Å². The first kappa shape index (κ1) is 19.0. The number of benzene rings is 1. The number of aromatic nitrogens is 1. The zero-order valence-corrected chi connectivity index (χ0v) is 16.0. The standard InChI is InChI=1S/C21H25N3O3/c1-4-6-11-24(5-2)13-18(25)22-17-12-14(3)19-20(23-17)15-9-7-8-10-16(15)27-21(19)26/h7-10,12H,4-6,11,13H2,1-3H3,(H,22,23,25). The second kappa shape index (κ2) is 8.31. The molecule has 0 bridgehead atoms. The highest BCUT2D eigenvalue weighted by Crippen LogP contribution is 2.25. The van der Waals surface area contributed by atoms with Gasteiger partial charge in [0.1, 0.15) is 11.4 Å². The number of rotatable bonds is 7. The zero-order chi connectivity index (χ0) is 19.4. The van der Waals surface area contributed by atoms with Crippen molar-refractivity contribution in [3.63, 3.8) is 0 Å². The Morgan fingerprint density at radius 3 is 2.78 bits per heavy atom. The number of nitrogens with one attached hydrogen (secondary N) is 1. The van der Waals surface area contributed by atoms with Gasteiger partial charge in [0, 0.05) is 5.39 Å². The van der Waals surface area contributed by atoms with E-state index in [1.165, 1.54) is 0 Å². The van der Waals surface area contributed by atoms with Crippen LogP contribution < -0.4 is 10.9 Å². The van der Waals surface area contributed by atoms with Crippen molar-refractivity contribution in [2.45, 2.75) is 33.6 Å². The number of pyridine rings is 1. The molecular weight excluding hydrogens is 342 g/mol. The van der Waals surface area contributed by atoms with Gasteiger partial charge >= 0.3 is 5.63 Å². The molecule has 0 aliphatic rings. The van der Waals surface area contributed by atoms with Crippen molar-refractivity contribution < 1.29 is 9.21 Å². The fraction of sp³-hybridized carbons (Fsp3) is 0.381. The Balaban J connectivity index is 1.93. The Hall–Kier alpha value is -2.73. The van der Waals surface area contributed by atoms with E-state index in [4.69, 9.17) is 4.42 Å². The first-order valence-corrected chi connectivity index (χ1v) is 9.38. The minimum absolute atomic E-state index is 0.105. The molecule has 0 aliphatic heterocycles. The molecule has 142 valence electrons. The third-order valence-corrected chi connectivity index (χ3v) is 4.68. The van der Waals surface area contributed by atoms with Crippen LogP contribution in [0.2, 0.25) is 0 Å². The molecule has 0 saturated heterocycles. The lowest BCUT2D eigenvalue weighted by Gasteiger charge is -2.19. The summed E-state index contributed by atoms with van der Waals surface area (Å²) in [6.07, 6.45) is 2.16. The SMILES string of the molecule is CCCCN(CC)CC(=O)Nc1cc(C)c2c(=O)oc3ccccc3c2n1. The van der Waals surface area contributed by atoms with E-state index < -0.39 is 5.63 Å². The summed E-state index contributed by atoms with van der Waals surface area (Å²) >= 11 is 0. The first-order chi connectivity index (χ1) is 13.0. The van der Waals surface area contributed by atoms with Crippen LogP contribution in [0.4, 0.5) is 5.82 Å². The number of fused-ring (bicyclic) bond motifs is 3. The zero-order valence-electron chi connectivity index (χ0n) is 16.0. The number of unbranched alkanes of at least 4 members (excludes halogenated alkanes) is 1. The van der Waals surface area contributed by atoms with Crippen LogP contribution in [0.3, 0.4) is 0 Å². The highest BCUT2D eigenvalue weighted by atomic mass is 16.4. The third-order valence-electron chi connectivity index (χ3n) is 4.68. The molecule has 0 radical (unpaired) electrons. The van der Waals surface area contributed by atoms with Crippen LogP contribution in [0.25, 0.3) is 21.9 Å². The lowest BCUT2D eigenvalue weighted by molar-refractivity contribution is -0.117. The molecule has 0 unspecified atom stereocenters. The number of likely N-dealkylation sites (N-methyl/N-ethyl adjacent to an activating group) is 1. The maximum Gasteiger partial charge on any atom is 0.346 e. The van der Waals surface area contributed by atoms with Gasteiger partial charge in [0.25, 0.3) is 0 Å². The normalized spacial score (nSPS) is 11.4. The van der Waals surface area contributed by atoms with Crippen LogP contribution >= 0.6 is 0 Å². The smallest absolute Gasteiger partial charge is 0.346 e. The minimum Gasteiger partial charge on any atom is -0.422 e. The van der Waals surface area contributed by atoms with Crippen molar-refractivity contribution in [2.75, 3.05) is 25.0 Å². The number of anilines is 1. The van der Waals surface area contributed by atoms with Crippen molar-refractivity contribution in [1.82, 2.24) is 9.88 Å². The van der Waals surface area contributed by atoms with Crippen LogP contribution in [0.5, 0.6) is 0 Å². The number of amides is 1. The summed E-state index contributed by atoms with van der Waals surface area (Å²) in [5.74, 6) is 0.346. The summed E-state index contributed by atoms with van der Waals surface area (Å²) in [6.45, 7) is 8.06. The van der Waals surface area contributed by atoms with E-state index in [-0.39, 0.29) is 5.91 Å². The van der Waals surface area contributed by atoms with Gasteiger partial charge in [0.2, 0.25) is 5.91 Å². The predicted molar refractivity (Wildman–Crippen MR) is 108 cm³/mol. The van der Waals surface area contributed by atoms with Crippen LogP contribution in [-0.2, 0) is 4.79 Å². The Labute approximate surface area is 158 Å². The molecule has 0 saturated carbocycles. The van der Waals surface area contributed by atoms with Gasteiger partial charge in [-0.25, -0.2) is 9.78 Å². The highest BCUT2D eigenvalue weighted by Gasteiger charge is 2.14. The monoisotopic (exact) mass is 367 g/mol. The minimum atomic E-state index is -0.414. The van der Waals surface area contributed by atoms with E-state index in [9.17, 15) is 9.59 Å². The van der Waals surface area contributed by atoms with Gasteiger partial charge in [-0.3, -0.25) is 9.69 Å². The average molecular weight is 367 g/mol. The second-order valence-corrected chi connectivity index (χ2v) is 6.70. The summed E-state index contributed by atoms with van der Waals surface area (Å²) in [5.41, 5.74) is 1.36. The van der Waals surface area contributed by atoms with Gasteiger partial charge in [-0.05, 0) is 50.2 Å². The molecule has 3 rings (SSSR count). The molecule has 6 heteroatoms. The Kier molecular flexibility index (Phi) is 5.86. The van der Waals surface area contributed by atoms with E-state index in [2.05, 4.69) is 22.1 Å². The molecule has 1 aromatic carbocycles. The molecule has 0 aliphatic carbocycles. The number of carbonyl (C=O) groups excluding carboxylic acids is 1. The van der Waals surface area contributed by atoms with Crippen molar-refractivity contribution in [2.24, 2.45) is 0 Å². The van der Waals surface area contributed by atoms with Crippen LogP contribution in [0.1, 0.15) is 32.3 Å². The topological polar surface area (TPSA) is 75.4 Å². The molecule has 0 spiro atoms. The number of hydrogen-bond donors (Lipinski definition) is 1. The second-order valence-electron chi connectivity index (χ2n) is 6.70. The Bertz CT molecular complexity index is 1030. The molecule has 0 fully saturated rings. The highest BCUT2D eigenvalue weighted by molar-refractivity contribution is 6.04. The van der Waals surface area contributed by atoms with Crippen molar-refractivity contribution >= 4 is 33.6 Å².